The summed E-state index contributed by atoms with van der Waals surface area (Å²) in [5.41, 5.74) is 2.08. The van der Waals surface area contributed by atoms with Crippen LogP contribution in [0.4, 0.5) is 0 Å². The summed E-state index contributed by atoms with van der Waals surface area (Å²) < 4.78 is 12.8. The van der Waals surface area contributed by atoms with Gasteiger partial charge >= 0.3 is 0 Å². The van der Waals surface area contributed by atoms with Gasteiger partial charge in [0.2, 0.25) is 0 Å². The molecule has 18 heavy (non-hydrogen) atoms. The summed E-state index contributed by atoms with van der Waals surface area (Å²) in [6, 6.07) is 3.91. The molecule has 0 amide bonds. The van der Waals surface area contributed by atoms with Crippen LogP contribution in [0.3, 0.4) is 0 Å². The maximum absolute atomic E-state index is 5.51. The Morgan fingerprint density at radius 3 is 3.28 bits per heavy atom. The van der Waals surface area contributed by atoms with Crippen molar-refractivity contribution in [3.63, 3.8) is 0 Å². The molecule has 1 unspecified atom stereocenters. The molecule has 0 saturated carbocycles. The van der Waals surface area contributed by atoms with Gasteiger partial charge in [-0.25, -0.2) is 4.98 Å². The number of hydrogen-bond donors (Lipinski definition) is 0. The topological polar surface area (TPSA) is 35.8 Å². The average Bonchev–Trinajstić information content (AvgIpc) is 2.80. The monoisotopic (exact) mass is 246 g/mol. The van der Waals surface area contributed by atoms with Crippen LogP contribution in [-0.2, 0) is 11.2 Å². The smallest absolute Gasteiger partial charge is 0.140 e. The first kappa shape index (κ1) is 11.5. The van der Waals surface area contributed by atoms with E-state index in [1.54, 1.807) is 7.11 Å². The number of rotatable bonds is 3. The Balaban J connectivity index is 1.79. The third kappa shape index (κ3) is 2.34. The maximum Gasteiger partial charge on any atom is 0.140 e. The van der Waals surface area contributed by atoms with Crippen LogP contribution < -0.4 is 4.74 Å². The molecule has 0 spiro atoms. The van der Waals surface area contributed by atoms with Gasteiger partial charge in [-0.3, -0.25) is 0 Å². The van der Waals surface area contributed by atoms with Crippen LogP contribution in [0.5, 0.6) is 5.75 Å². The van der Waals surface area contributed by atoms with E-state index < -0.39 is 0 Å². The Hall–Kier alpha value is -1.55. The number of pyridine rings is 1. The maximum atomic E-state index is 5.51. The number of fused-ring (bicyclic) bond motifs is 1. The molecule has 3 rings (SSSR count). The van der Waals surface area contributed by atoms with Gasteiger partial charge in [0.15, 0.2) is 0 Å². The number of imidazole rings is 1. The van der Waals surface area contributed by atoms with Crippen LogP contribution >= 0.6 is 0 Å². The largest absolute Gasteiger partial charge is 0.497 e. The number of hydrogen-bond acceptors (Lipinski definition) is 3. The van der Waals surface area contributed by atoms with Gasteiger partial charge in [-0.2, -0.15) is 0 Å². The molecule has 2 aromatic rings. The molecule has 0 aromatic carbocycles. The highest BCUT2D eigenvalue weighted by Crippen LogP contribution is 2.20. The molecular weight excluding hydrogens is 228 g/mol. The molecular formula is C14H18N2O2. The molecule has 2 aromatic heterocycles. The summed E-state index contributed by atoms with van der Waals surface area (Å²) in [6.07, 6.45) is 7.51. The molecule has 4 heteroatoms. The second kappa shape index (κ2) is 4.98. The quantitative estimate of drug-likeness (QED) is 0.833. The van der Waals surface area contributed by atoms with E-state index in [1.165, 1.54) is 12.8 Å². The first-order valence-electron chi connectivity index (χ1n) is 6.44. The van der Waals surface area contributed by atoms with Crippen molar-refractivity contribution in [1.82, 2.24) is 9.38 Å². The first-order chi connectivity index (χ1) is 8.85. The molecule has 1 fully saturated rings. The van der Waals surface area contributed by atoms with Gasteiger partial charge in [-0.15, -0.1) is 0 Å². The van der Waals surface area contributed by atoms with E-state index in [0.717, 1.165) is 36.7 Å². The van der Waals surface area contributed by atoms with Crippen LogP contribution in [-0.4, -0.2) is 29.7 Å². The van der Waals surface area contributed by atoms with Crippen molar-refractivity contribution in [2.75, 3.05) is 20.3 Å². The molecule has 96 valence electrons. The lowest BCUT2D eigenvalue weighted by Crippen LogP contribution is -2.19. The number of aromatic nitrogens is 2. The lowest BCUT2D eigenvalue weighted by atomic mass is 9.97. The molecule has 1 atom stereocenters. The van der Waals surface area contributed by atoms with E-state index in [-0.39, 0.29) is 0 Å². The van der Waals surface area contributed by atoms with Crippen molar-refractivity contribution >= 4 is 5.65 Å². The second-order valence-electron chi connectivity index (χ2n) is 4.85. The standard InChI is InChI=1S/C14H18N2O2/c1-17-13-4-5-16-9-12(15-14(16)8-13)7-11-3-2-6-18-10-11/h4-5,8-9,11H,2-3,6-7,10H2,1H3. The van der Waals surface area contributed by atoms with Crippen LogP contribution in [0, 0.1) is 5.92 Å². The molecule has 1 aliphatic heterocycles. The highest BCUT2D eigenvalue weighted by atomic mass is 16.5. The zero-order valence-electron chi connectivity index (χ0n) is 10.6. The van der Waals surface area contributed by atoms with Crippen molar-refractivity contribution in [2.45, 2.75) is 19.3 Å². The van der Waals surface area contributed by atoms with Gasteiger partial charge in [0, 0.05) is 31.7 Å². The minimum absolute atomic E-state index is 0.616. The lowest BCUT2D eigenvalue weighted by molar-refractivity contribution is 0.0547. The Morgan fingerprint density at radius 1 is 1.56 bits per heavy atom. The van der Waals surface area contributed by atoms with Crippen molar-refractivity contribution in [1.29, 1.82) is 0 Å². The molecule has 1 aliphatic rings. The Morgan fingerprint density at radius 2 is 2.50 bits per heavy atom. The van der Waals surface area contributed by atoms with Gasteiger partial charge < -0.3 is 13.9 Å². The lowest BCUT2D eigenvalue weighted by Gasteiger charge is -2.20. The average molecular weight is 246 g/mol. The summed E-state index contributed by atoms with van der Waals surface area (Å²) in [5, 5.41) is 0. The van der Waals surface area contributed by atoms with Gasteiger partial charge in [0.1, 0.15) is 11.4 Å². The molecule has 4 nitrogen and oxygen atoms in total. The van der Waals surface area contributed by atoms with Crippen LogP contribution in [0.15, 0.2) is 24.5 Å². The fourth-order valence-electron chi connectivity index (χ4n) is 2.51. The zero-order chi connectivity index (χ0) is 12.4. The van der Waals surface area contributed by atoms with E-state index >= 15 is 0 Å². The summed E-state index contributed by atoms with van der Waals surface area (Å²) in [7, 11) is 1.68. The summed E-state index contributed by atoms with van der Waals surface area (Å²) in [5.74, 6) is 1.46. The summed E-state index contributed by atoms with van der Waals surface area (Å²) >= 11 is 0. The molecule has 0 radical (unpaired) electrons. The van der Waals surface area contributed by atoms with Crippen molar-refractivity contribution < 1.29 is 9.47 Å². The first-order valence-corrected chi connectivity index (χ1v) is 6.44. The van der Waals surface area contributed by atoms with Crippen LogP contribution in [0.2, 0.25) is 0 Å². The molecule has 3 heterocycles. The Bertz CT molecular complexity index is 530. The highest BCUT2D eigenvalue weighted by Gasteiger charge is 2.16. The highest BCUT2D eigenvalue weighted by molar-refractivity contribution is 5.45. The minimum Gasteiger partial charge on any atom is -0.497 e. The third-order valence-corrected chi connectivity index (χ3v) is 3.47. The summed E-state index contributed by atoms with van der Waals surface area (Å²) in [4.78, 5) is 4.64. The van der Waals surface area contributed by atoms with Gasteiger partial charge in [0.05, 0.1) is 12.8 Å². The number of methoxy groups -OCH3 is 1. The van der Waals surface area contributed by atoms with Crippen LogP contribution in [0.1, 0.15) is 18.5 Å². The third-order valence-electron chi connectivity index (χ3n) is 3.47. The van der Waals surface area contributed by atoms with Crippen molar-refractivity contribution in [2.24, 2.45) is 5.92 Å². The predicted molar refractivity (Wildman–Crippen MR) is 69.0 cm³/mol. The minimum atomic E-state index is 0.616. The predicted octanol–water partition coefficient (Wildman–Crippen LogP) is 2.31. The SMILES string of the molecule is COc1ccn2cc(CC3CCCOC3)nc2c1. The van der Waals surface area contributed by atoms with Crippen LogP contribution in [0.25, 0.3) is 5.65 Å². The number of ether oxygens (including phenoxy) is 2. The fourth-order valence-corrected chi connectivity index (χ4v) is 2.51. The van der Waals surface area contributed by atoms with E-state index in [0.29, 0.717) is 5.92 Å². The fraction of sp³-hybridized carbons (Fsp3) is 0.500. The van der Waals surface area contributed by atoms with Crippen molar-refractivity contribution in [3.05, 3.63) is 30.2 Å². The molecule has 0 bridgehead atoms. The van der Waals surface area contributed by atoms with Gasteiger partial charge in [0.25, 0.3) is 0 Å². The van der Waals surface area contributed by atoms with E-state index in [1.807, 2.05) is 22.7 Å². The molecule has 1 saturated heterocycles. The van der Waals surface area contributed by atoms with Gasteiger partial charge in [-0.05, 0) is 31.2 Å². The zero-order valence-corrected chi connectivity index (χ0v) is 10.6. The normalized spacial score (nSPS) is 20.2. The second-order valence-corrected chi connectivity index (χ2v) is 4.85. The molecule has 0 aliphatic carbocycles. The van der Waals surface area contributed by atoms with E-state index in [4.69, 9.17) is 9.47 Å². The van der Waals surface area contributed by atoms with E-state index in [2.05, 4.69) is 11.2 Å². The van der Waals surface area contributed by atoms with Gasteiger partial charge in [-0.1, -0.05) is 0 Å². The van der Waals surface area contributed by atoms with E-state index in [9.17, 15) is 0 Å². The summed E-state index contributed by atoms with van der Waals surface area (Å²) in [6.45, 7) is 1.79. The van der Waals surface area contributed by atoms with Crippen molar-refractivity contribution in [3.8, 4) is 5.75 Å². The Labute approximate surface area is 107 Å². The number of nitrogens with zero attached hydrogens (tertiary/aromatic N) is 2. The molecule has 0 N–H and O–H groups in total. The Kier molecular flexibility index (Phi) is 3.19.